The van der Waals surface area contributed by atoms with Gasteiger partial charge in [0.05, 0.1) is 35.7 Å². The Morgan fingerprint density at radius 3 is 3.12 bits per heavy atom. The molecular formula is C18H16ClN3O3. The zero-order valence-electron chi connectivity index (χ0n) is 13.3. The molecule has 6 nitrogen and oxygen atoms in total. The van der Waals surface area contributed by atoms with Gasteiger partial charge >= 0.3 is 0 Å². The van der Waals surface area contributed by atoms with E-state index in [1.54, 1.807) is 24.5 Å². The predicted molar refractivity (Wildman–Crippen MR) is 95.5 cm³/mol. The van der Waals surface area contributed by atoms with Gasteiger partial charge in [0.25, 0.3) is 0 Å². The normalized spacial score (nSPS) is 13.5. The summed E-state index contributed by atoms with van der Waals surface area (Å²) >= 11 is 6.25. The molecule has 25 heavy (non-hydrogen) atoms. The Hall–Kier alpha value is -2.73. The fraction of sp³-hybridized carbons (Fsp3) is 0.222. The molecule has 1 aliphatic rings. The third-order valence-electron chi connectivity index (χ3n) is 3.95. The highest BCUT2D eigenvalue weighted by Crippen LogP contribution is 2.39. The number of nitrogens with zero attached hydrogens (tertiary/aromatic N) is 1. The van der Waals surface area contributed by atoms with E-state index in [-0.39, 0.29) is 12.3 Å². The predicted octanol–water partition coefficient (Wildman–Crippen LogP) is 3.56. The minimum atomic E-state index is -0.155. The molecule has 1 amide bonds. The number of benzene rings is 1. The monoisotopic (exact) mass is 357 g/mol. The quantitative estimate of drug-likeness (QED) is 0.751. The lowest BCUT2D eigenvalue weighted by molar-refractivity contribution is -0.115. The molecule has 3 aromatic rings. The molecule has 1 aliphatic heterocycles. The number of hydrogen-bond acceptors (Lipinski definition) is 4. The van der Waals surface area contributed by atoms with Crippen LogP contribution < -0.4 is 14.8 Å². The van der Waals surface area contributed by atoms with Gasteiger partial charge in [-0.1, -0.05) is 11.6 Å². The summed E-state index contributed by atoms with van der Waals surface area (Å²) in [6.45, 7) is 1.12. The van der Waals surface area contributed by atoms with Gasteiger partial charge in [-0.2, -0.15) is 0 Å². The molecule has 4 rings (SSSR count). The molecule has 0 atom stereocenters. The van der Waals surface area contributed by atoms with Gasteiger partial charge in [-0.05, 0) is 18.2 Å². The summed E-state index contributed by atoms with van der Waals surface area (Å²) in [4.78, 5) is 19.8. The van der Waals surface area contributed by atoms with E-state index in [2.05, 4.69) is 15.3 Å². The summed E-state index contributed by atoms with van der Waals surface area (Å²) in [5.41, 5.74) is 3.12. The number of halogens is 1. The van der Waals surface area contributed by atoms with Gasteiger partial charge in [0, 0.05) is 36.1 Å². The Bertz CT molecular complexity index is 938. The van der Waals surface area contributed by atoms with Crippen LogP contribution in [0.1, 0.15) is 12.0 Å². The molecule has 0 spiro atoms. The van der Waals surface area contributed by atoms with Gasteiger partial charge in [0.15, 0.2) is 11.5 Å². The average Bonchev–Trinajstić information content (AvgIpc) is 2.84. The lowest BCUT2D eigenvalue weighted by Crippen LogP contribution is -2.14. The molecule has 3 heterocycles. The first kappa shape index (κ1) is 15.8. The van der Waals surface area contributed by atoms with Crippen LogP contribution >= 0.6 is 11.6 Å². The van der Waals surface area contributed by atoms with E-state index in [9.17, 15) is 4.79 Å². The number of aromatic amines is 1. The van der Waals surface area contributed by atoms with E-state index >= 15 is 0 Å². The highest BCUT2D eigenvalue weighted by Gasteiger charge is 2.17. The summed E-state index contributed by atoms with van der Waals surface area (Å²) in [6, 6.07) is 7.17. The van der Waals surface area contributed by atoms with Gasteiger partial charge < -0.3 is 19.8 Å². The Kier molecular flexibility index (Phi) is 4.19. The van der Waals surface area contributed by atoms with Crippen LogP contribution in [0.2, 0.25) is 5.02 Å². The van der Waals surface area contributed by atoms with Crippen molar-refractivity contribution in [2.75, 3.05) is 18.5 Å². The lowest BCUT2D eigenvalue weighted by atomic mass is 10.2. The molecule has 0 fully saturated rings. The number of fused-ring (bicyclic) bond motifs is 2. The second-order valence-corrected chi connectivity index (χ2v) is 6.18. The number of amides is 1. The highest BCUT2D eigenvalue weighted by atomic mass is 35.5. The van der Waals surface area contributed by atoms with Gasteiger partial charge in [-0.25, -0.2) is 0 Å². The molecule has 128 valence electrons. The van der Waals surface area contributed by atoms with E-state index in [1.807, 2.05) is 12.1 Å². The first-order valence-electron chi connectivity index (χ1n) is 8.01. The summed E-state index contributed by atoms with van der Waals surface area (Å²) in [5.74, 6) is 0.921. The zero-order valence-corrected chi connectivity index (χ0v) is 14.1. The van der Waals surface area contributed by atoms with Crippen LogP contribution in [0.3, 0.4) is 0 Å². The standard InChI is InChI=1S/C18H16ClN3O3/c19-13-8-12(9-15-18(13)25-6-2-5-24-15)22-16(23)7-11-10-21-14-3-1-4-20-17(11)14/h1,3-4,8-10,21H,2,5-7H2,(H,22,23). The Balaban J connectivity index is 1.53. The molecule has 0 saturated heterocycles. The second kappa shape index (κ2) is 6.64. The minimum absolute atomic E-state index is 0.155. The van der Waals surface area contributed by atoms with Crippen molar-refractivity contribution in [1.82, 2.24) is 9.97 Å². The van der Waals surface area contributed by atoms with Crippen LogP contribution in [-0.2, 0) is 11.2 Å². The van der Waals surface area contributed by atoms with E-state index in [1.165, 1.54) is 0 Å². The molecule has 0 unspecified atom stereocenters. The number of anilines is 1. The Morgan fingerprint density at radius 1 is 1.32 bits per heavy atom. The summed E-state index contributed by atoms with van der Waals surface area (Å²) in [6.07, 6.45) is 4.52. The third kappa shape index (κ3) is 3.25. The molecule has 0 radical (unpaired) electrons. The maximum absolute atomic E-state index is 12.4. The topological polar surface area (TPSA) is 76.2 Å². The summed E-state index contributed by atoms with van der Waals surface area (Å²) in [5, 5.41) is 3.28. The number of carbonyl (C=O) groups excluding carboxylic acids is 1. The van der Waals surface area contributed by atoms with Crippen molar-refractivity contribution in [2.45, 2.75) is 12.8 Å². The number of aromatic nitrogens is 2. The summed E-state index contributed by atoms with van der Waals surface area (Å²) in [7, 11) is 0. The Labute approximate surface area is 149 Å². The van der Waals surface area contributed by atoms with Gasteiger partial charge in [0.1, 0.15) is 0 Å². The number of ether oxygens (including phenoxy) is 2. The molecule has 7 heteroatoms. The number of rotatable bonds is 3. The van der Waals surface area contributed by atoms with Crippen LogP contribution in [0, 0.1) is 0 Å². The molecular weight excluding hydrogens is 342 g/mol. The number of pyridine rings is 1. The first-order valence-corrected chi connectivity index (χ1v) is 8.38. The fourth-order valence-corrected chi connectivity index (χ4v) is 3.09. The SMILES string of the molecule is O=C(Cc1c[nH]c2cccnc12)Nc1cc(Cl)c2c(c1)OCCCO2. The van der Waals surface area contributed by atoms with Crippen molar-refractivity contribution < 1.29 is 14.3 Å². The van der Waals surface area contributed by atoms with Crippen LogP contribution in [0.25, 0.3) is 11.0 Å². The van der Waals surface area contributed by atoms with Crippen LogP contribution in [0.15, 0.2) is 36.7 Å². The van der Waals surface area contributed by atoms with Crippen LogP contribution in [-0.4, -0.2) is 29.1 Å². The first-order chi connectivity index (χ1) is 12.2. The van der Waals surface area contributed by atoms with E-state index in [0.717, 1.165) is 23.0 Å². The van der Waals surface area contributed by atoms with Gasteiger partial charge in [0.2, 0.25) is 5.91 Å². The second-order valence-electron chi connectivity index (χ2n) is 5.77. The van der Waals surface area contributed by atoms with Crippen LogP contribution in [0.4, 0.5) is 5.69 Å². The van der Waals surface area contributed by atoms with Crippen molar-refractivity contribution in [1.29, 1.82) is 0 Å². The average molecular weight is 358 g/mol. The number of hydrogen-bond donors (Lipinski definition) is 2. The van der Waals surface area contributed by atoms with E-state index < -0.39 is 0 Å². The smallest absolute Gasteiger partial charge is 0.228 e. The molecule has 0 saturated carbocycles. The molecule has 0 bridgehead atoms. The highest BCUT2D eigenvalue weighted by molar-refractivity contribution is 6.32. The van der Waals surface area contributed by atoms with Gasteiger partial charge in [-0.3, -0.25) is 9.78 Å². The summed E-state index contributed by atoms with van der Waals surface area (Å²) < 4.78 is 11.2. The maximum Gasteiger partial charge on any atom is 0.228 e. The molecule has 2 N–H and O–H groups in total. The number of carbonyl (C=O) groups is 1. The number of H-pyrrole nitrogens is 1. The van der Waals surface area contributed by atoms with Crippen molar-refractivity contribution in [3.63, 3.8) is 0 Å². The van der Waals surface area contributed by atoms with Crippen LogP contribution in [0.5, 0.6) is 11.5 Å². The number of nitrogens with one attached hydrogen (secondary N) is 2. The van der Waals surface area contributed by atoms with Crippen molar-refractivity contribution in [3.05, 3.63) is 47.2 Å². The maximum atomic E-state index is 12.4. The Morgan fingerprint density at radius 2 is 2.20 bits per heavy atom. The fourth-order valence-electron chi connectivity index (χ4n) is 2.83. The lowest BCUT2D eigenvalue weighted by Gasteiger charge is -2.12. The van der Waals surface area contributed by atoms with Gasteiger partial charge in [-0.15, -0.1) is 0 Å². The van der Waals surface area contributed by atoms with Crippen molar-refractivity contribution >= 4 is 34.2 Å². The van der Waals surface area contributed by atoms with E-state index in [4.69, 9.17) is 21.1 Å². The molecule has 0 aliphatic carbocycles. The minimum Gasteiger partial charge on any atom is -0.489 e. The zero-order chi connectivity index (χ0) is 17.2. The largest absolute Gasteiger partial charge is 0.489 e. The molecule has 2 aromatic heterocycles. The van der Waals surface area contributed by atoms with E-state index in [0.29, 0.717) is 35.4 Å². The third-order valence-corrected chi connectivity index (χ3v) is 4.23. The van der Waals surface area contributed by atoms with Crippen molar-refractivity contribution in [3.8, 4) is 11.5 Å². The van der Waals surface area contributed by atoms with Crippen molar-refractivity contribution in [2.24, 2.45) is 0 Å². The molecule has 1 aromatic carbocycles.